The van der Waals surface area contributed by atoms with Crippen LogP contribution in [0.1, 0.15) is 43.3 Å². The van der Waals surface area contributed by atoms with Crippen molar-refractivity contribution in [1.82, 2.24) is 10.2 Å². The third-order valence-electron chi connectivity index (χ3n) is 3.71. The lowest BCUT2D eigenvalue weighted by Gasteiger charge is -2.30. The Hall–Kier alpha value is -1.89. The third kappa shape index (κ3) is 5.33. The molecule has 0 spiro atoms. The van der Waals surface area contributed by atoms with Crippen molar-refractivity contribution >= 4 is 29.1 Å². The maximum atomic E-state index is 12.3. The number of piperidine rings is 1. The van der Waals surface area contributed by atoms with Crippen LogP contribution < -0.4 is 5.32 Å². The van der Waals surface area contributed by atoms with Crippen LogP contribution in [-0.2, 0) is 14.3 Å². The van der Waals surface area contributed by atoms with Gasteiger partial charge in [-0.05, 0) is 45.1 Å². The number of hydrogen-bond donors (Lipinski definition) is 1. The van der Waals surface area contributed by atoms with Crippen molar-refractivity contribution in [3.63, 3.8) is 0 Å². The fourth-order valence-electron chi connectivity index (χ4n) is 2.58. The molecule has 1 fully saturated rings. The standard InChI is InChI=1S/C17H24N2O4S/c1-17(2,3)18-14(20)11-23-16(22)12-6-8-19(9-7-12)15(21)13-5-4-10-24-13/h4-5,10,12H,6-9,11H2,1-3H3,(H,18,20). The number of amides is 2. The topological polar surface area (TPSA) is 75.7 Å². The summed E-state index contributed by atoms with van der Waals surface area (Å²) in [6.45, 7) is 6.41. The molecule has 6 nitrogen and oxygen atoms in total. The minimum atomic E-state index is -0.359. The van der Waals surface area contributed by atoms with Crippen molar-refractivity contribution < 1.29 is 19.1 Å². The molecule has 132 valence electrons. The van der Waals surface area contributed by atoms with Gasteiger partial charge in [-0.25, -0.2) is 0 Å². The van der Waals surface area contributed by atoms with E-state index in [1.807, 2.05) is 32.2 Å². The van der Waals surface area contributed by atoms with E-state index < -0.39 is 0 Å². The minimum absolute atomic E-state index is 0.0152. The Bertz CT molecular complexity index is 584. The molecule has 1 aliphatic rings. The number of nitrogens with one attached hydrogen (secondary N) is 1. The van der Waals surface area contributed by atoms with Gasteiger partial charge >= 0.3 is 5.97 Å². The van der Waals surface area contributed by atoms with Crippen molar-refractivity contribution in [3.05, 3.63) is 22.4 Å². The number of hydrogen-bond acceptors (Lipinski definition) is 5. The number of esters is 1. The van der Waals surface area contributed by atoms with E-state index in [2.05, 4.69) is 5.32 Å². The Kier molecular flexibility index (Phi) is 5.99. The van der Waals surface area contributed by atoms with Crippen molar-refractivity contribution in [2.75, 3.05) is 19.7 Å². The lowest BCUT2D eigenvalue weighted by atomic mass is 9.97. The monoisotopic (exact) mass is 352 g/mol. The first-order valence-electron chi connectivity index (χ1n) is 8.07. The number of carbonyl (C=O) groups excluding carboxylic acids is 3. The van der Waals surface area contributed by atoms with Gasteiger partial charge in [-0.3, -0.25) is 14.4 Å². The molecule has 0 aromatic carbocycles. The number of thiophene rings is 1. The number of ether oxygens (including phenoxy) is 1. The quantitative estimate of drug-likeness (QED) is 0.842. The summed E-state index contributed by atoms with van der Waals surface area (Å²) in [6, 6.07) is 3.66. The zero-order chi connectivity index (χ0) is 17.7. The van der Waals surface area contributed by atoms with Gasteiger partial charge in [0.1, 0.15) is 0 Å². The minimum Gasteiger partial charge on any atom is -0.455 e. The van der Waals surface area contributed by atoms with Crippen LogP contribution in [0.3, 0.4) is 0 Å². The van der Waals surface area contributed by atoms with Gasteiger partial charge in [-0.15, -0.1) is 11.3 Å². The molecule has 24 heavy (non-hydrogen) atoms. The van der Waals surface area contributed by atoms with Crippen molar-refractivity contribution in [1.29, 1.82) is 0 Å². The molecule has 0 saturated carbocycles. The summed E-state index contributed by atoms with van der Waals surface area (Å²) in [7, 11) is 0. The van der Waals surface area contributed by atoms with Crippen molar-refractivity contribution in [2.24, 2.45) is 5.92 Å². The zero-order valence-corrected chi connectivity index (χ0v) is 15.1. The molecular weight excluding hydrogens is 328 g/mol. The number of carbonyl (C=O) groups is 3. The van der Waals surface area contributed by atoms with E-state index in [0.29, 0.717) is 25.9 Å². The predicted molar refractivity (Wildman–Crippen MR) is 91.8 cm³/mol. The normalized spacial score (nSPS) is 15.9. The summed E-state index contributed by atoms with van der Waals surface area (Å²) in [5.41, 5.74) is -0.350. The van der Waals surface area contributed by atoms with Crippen LogP contribution >= 0.6 is 11.3 Å². The Balaban J connectivity index is 1.74. The van der Waals surface area contributed by atoms with Crippen LogP contribution in [-0.4, -0.2) is 47.9 Å². The molecule has 0 bridgehead atoms. The Labute approximate surface area is 146 Å². The summed E-state index contributed by atoms with van der Waals surface area (Å²) in [5.74, 6) is -0.898. The summed E-state index contributed by atoms with van der Waals surface area (Å²) in [4.78, 5) is 38.5. The van der Waals surface area contributed by atoms with Gasteiger partial charge in [0.05, 0.1) is 10.8 Å². The molecule has 0 atom stereocenters. The fourth-order valence-corrected chi connectivity index (χ4v) is 3.27. The van der Waals surface area contributed by atoms with Gasteiger partial charge in [0.15, 0.2) is 6.61 Å². The average molecular weight is 352 g/mol. The van der Waals surface area contributed by atoms with Crippen LogP contribution in [0.4, 0.5) is 0 Å². The molecule has 1 N–H and O–H groups in total. The maximum Gasteiger partial charge on any atom is 0.309 e. The SMILES string of the molecule is CC(C)(C)NC(=O)COC(=O)C1CCN(C(=O)c2cccs2)CC1. The maximum absolute atomic E-state index is 12.3. The van der Waals surface area contributed by atoms with Gasteiger partial charge in [0.25, 0.3) is 11.8 Å². The highest BCUT2D eigenvalue weighted by atomic mass is 32.1. The van der Waals surface area contributed by atoms with Crippen LogP contribution in [0.15, 0.2) is 17.5 Å². The van der Waals surface area contributed by atoms with Crippen molar-refractivity contribution in [3.8, 4) is 0 Å². The van der Waals surface area contributed by atoms with E-state index in [0.717, 1.165) is 4.88 Å². The van der Waals surface area contributed by atoms with Crippen LogP contribution in [0.5, 0.6) is 0 Å². The first-order valence-corrected chi connectivity index (χ1v) is 8.94. The molecular formula is C17H24N2O4S. The summed E-state index contributed by atoms with van der Waals surface area (Å²) < 4.78 is 5.10. The number of likely N-dealkylation sites (tertiary alicyclic amines) is 1. The summed E-state index contributed by atoms with van der Waals surface area (Å²) in [5, 5.41) is 4.62. The molecule has 2 amide bonds. The third-order valence-corrected chi connectivity index (χ3v) is 4.57. The molecule has 2 heterocycles. The number of nitrogens with zero attached hydrogens (tertiary/aromatic N) is 1. The molecule has 1 aromatic rings. The predicted octanol–water partition coefficient (Wildman–Crippen LogP) is 2.06. The van der Waals surface area contributed by atoms with Gasteiger partial charge < -0.3 is 15.0 Å². The fraction of sp³-hybridized carbons (Fsp3) is 0.588. The zero-order valence-electron chi connectivity index (χ0n) is 14.3. The highest BCUT2D eigenvalue weighted by Crippen LogP contribution is 2.21. The second-order valence-electron chi connectivity index (χ2n) is 6.95. The largest absolute Gasteiger partial charge is 0.455 e. The lowest BCUT2D eigenvalue weighted by Crippen LogP contribution is -2.44. The molecule has 0 aliphatic carbocycles. The Morgan fingerprint density at radius 2 is 1.96 bits per heavy atom. The summed E-state index contributed by atoms with van der Waals surface area (Å²) in [6.07, 6.45) is 1.13. The van der Waals surface area contributed by atoms with Gasteiger partial charge in [0.2, 0.25) is 0 Å². The van der Waals surface area contributed by atoms with E-state index in [-0.39, 0.29) is 35.8 Å². The molecule has 0 unspecified atom stereocenters. The van der Waals surface area contributed by atoms with Crippen LogP contribution in [0.2, 0.25) is 0 Å². The first kappa shape index (κ1) is 18.4. The molecule has 1 saturated heterocycles. The van der Waals surface area contributed by atoms with Crippen LogP contribution in [0.25, 0.3) is 0 Å². The molecule has 1 aromatic heterocycles. The van der Waals surface area contributed by atoms with E-state index in [1.165, 1.54) is 11.3 Å². The van der Waals surface area contributed by atoms with Crippen molar-refractivity contribution in [2.45, 2.75) is 39.2 Å². The van der Waals surface area contributed by atoms with E-state index in [9.17, 15) is 14.4 Å². The molecule has 0 radical (unpaired) electrons. The van der Waals surface area contributed by atoms with Gasteiger partial charge in [-0.2, -0.15) is 0 Å². The van der Waals surface area contributed by atoms with E-state index in [1.54, 1.807) is 11.0 Å². The Morgan fingerprint density at radius 3 is 2.50 bits per heavy atom. The Morgan fingerprint density at radius 1 is 1.29 bits per heavy atom. The lowest BCUT2D eigenvalue weighted by molar-refractivity contribution is -0.154. The van der Waals surface area contributed by atoms with Crippen LogP contribution in [0, 0.1) is 5.92 Å². The second kappa shape index (κ2) is 7.79. The highest BCUT2D eigenvalue weighted by Gasteiger charge is 2.29. The second-order valence-corrected chi connectivity index (χ2v) is 7.90. The molecule has 2 rings (SSSR count). The smallest absolute Gasteiger partial charge is 0.309 e. The van der Waals surface area contributed by atoms with E-state index >= 15 is 0 Å². The highest BCUT2D eigenvalue weighted by molar-refractivity contribution is 7.12. The first-order chi connectivity index (χ1) is 11.3. The van der Waals surface area contributed by atoms with Gasteiger partial charge in [0, 0.05) is 18.6 Å². The molecule has 7 heteroatoms. The van der Waals surface area contributed by atoms with E-state index in [4.69, 9.17) is 4.74 Å². The summed E-state index contributed by atoms with van der Waals surface area (Å²) >= 11 is 1.42. The van der Waals surface area contributed by atoms with Gasteiger partial charge in [-0.1, -0.05) is 6.07 Å². The molecule has 1 aliphatic heterocycles. The number of rotatable bonds is 4. The average Bonchev–Trinajstić information content (AvgIpc) is 3.05.